The van der Waals surface area contributed by atoms with Crippen molar-refractivity contribution < 1.29 is 4.42 Å². The molecule has 0 unspecified atom stereocenters. The van der Waals surface area contributed by atoms with E-state index in [2.05, 4.69) is 60.7 Å². The molecule has 1 aliphatic rings. The van der Waals surface area contributed by atoms with Crippen molar-refractivity contribution in [2.45, 2.75) is 0 Å². The van der Waals surface area contributed by atoms with Gasteiger partial charge in [0, 0.05) is 16.3 Å². The lowest BCUT2D eigenvalue weighted by Gasteiger charge is -2.13. The first-order valence-electron chi connectivity index (χ1n) is 10.7. The molecule has 0 atom stereocenters. The van der Waals surface area contributed by atoms with Crippen molar-refractivity contribution in [2.75, 3.05) is 0 Å². The minimum absolute atomic E-state index is 0.469. The number of hydrogen-bond acceptors (Lipinski definition) is 3. The second-order valence-electron chi connectivity index (χ2n) is 8.38. The molecule has 33 heavy (non-hydrogen) atoms. The number of hydrogen-bond donors (Lipinski definition) is 0. The monoisotopic (exact) mass is 418 g/mol. The molecule has 0 aliphatic heterocycles. The highest BCUT2D eigenvalue weighted by atomic mass is 16.3. The number of nitrogens with zero attached hydrogens (tertiary/aromatic N) is 2. The van der Waals surface area contributed by atoms with Crippen LogP contribution in [0, 0.1) is 22.7 Å². The zero-order valence-electron chi connectivity index (χ0n) is 17.4. The van der Waals surface area contributed by atoms with Gasteiger partial charge in [-0.2, -0.15) is 10.5 Å². The van der Waals surface area contributed by atoms with Crippen molar-refractivity contribution in [3.63, 3.8) is 0 Å². The summed E-state index contributed by atoms with van der Waals surface area (Å²) in [5.74, 6) is 0. The molecule has 3 nitrogen and oxygen atoms in total. The first-order valence-corrected chi connectivity index (χ1v) is 10.7. The maximum Gasteiger partial charge on any atom is 0.136 e. The lowest BCUT2D eigenvalue weighted by molar-refractivity contribution is 0.669. The van der Waals surface area contributed by atoms with E-state index in [1.807, 2.05) is 30.3 Å². The predicted molar refractivity (Wildman–Crippen MR) is 131 cm³/mol. The summed E-state index contributed by atoms with van der Waals surface area (Å²) in [5, 5.41) is 23.8. The molecule has 1 aromatic heterocycles. The number of rotatable bonds is 1. The molecule has 5 aromatic carbocycles. The van der Waals surface area contributed by atoms with E-state index in [-0.39, 0.29) is 0 Å². The van der Waals surface area contributed by atoms with Gasteiger partial charge in [0.25, 0.3) is 0 Å². The van der Waals surface area contributed by atoms with Crippen LogP contribution in [0.25, 0.3) is 66.1 Å². The molecule has 7 rings (SSSR count). The average Bonchev–Trinajstić information content (AvgIpc) is 3.39. The van der Waals surface area contributed by atoms with Crippen LogP contribution in [0.5, 0.6) is 0 Å². The van der Waals surface area contributed by atoms with Crippen LogP contribution in [-0.2, 0) is 0 Å². The summed E-state index contributed by atoms with van der Waals surface area (Å²) in [6.45, 7) is 0. The van der Waals surface area contributed by atoms with Crippen molar-refractivity contribution in [3.05, 3.63) is 96.1 Å². The second-order valence-corrected chi connectivity index (χ2v) is 8.38. The first-order chi connectivity index (χ1) is 16.3. The van der Waals surface area contributed by atoms with Gasteiger partial charge in [-0.15, -0.1) is 0 Å². The van der Waals surface area contributed by atoms with Gasteiger partial charge < -0.3 is 4.42 Å². The maximum atomic E-state index is 9.65. The maximum absolute atomic E-state index is 9.65. The highest BCUT2D eigenvalue weighted by Crippen LogP contribution is 2.54. The fraction of sp³-hybridized carbons (Fsp3) is 0. The smallest absolute Gasteiger partial charge is 0.136 e. The summed E-state index contributed by atoms with van der Waals surface area (Å²) in [7, 11) is 0. The van der Waals surface area contributed by atoms with Gasteiger partial charge in [0.1, 0.15) is 11.2 Å². The summed E-state index contributed by atoms with van der Waals surface area (Å²) >= 11 is 0. The summed E-state index contributed by atoms with van der Waals surface area (Å²) in [6, 6.07) is 32.8. The fourth-order valence-electron chi connectivity index (χ4n) is 5.34. The molecular weight excluding hydrogens is 404 g/mol. The molecule has 0 fully saturated rings. The zero-order chi connectivity index (χ0) is 22.1. The van der Waals surface area contributed by atoms with E-state index in [4.69, 9.17) is 4.42 Å². The highest BCUT2D eigenvalue weighted by Gasteiger charge is 2.28. The molecule has 1 aliphatic carbocycles. The minimum atomic E-state index is 0.469. The Labute approximate surface area is 189 Å². The molecule has 3 heteroatoms. The molecule has 150 valence electrons. The molecular formula is C30H14N2O. The van der Waals surface area contributed by atoms with Gasteiger partial charge in [-0.05, 0) is 68.9 Å². The molecule has 6 aromatic rings. The van der Waals surface area contributed by atoms with Gasteiger partial charge >= 0.3 is 0 Å². The van der Waals surface area contributed by atoms with Gasteiger partial charge in [0.05, 0.1) is 23.3 Å². The minimum Gasteiger partial charge on any atom is -0.456 e. The van der Waals surface area contributed by atoms with Crippen LogP contribution in [0.4, 0.5) is 0 Å². The van der Waals surface area contributed by atoms with E-state index in [1.165, 1.54) is 21.9 Å². The fourth-order valence-corrected chi connectivity index (χ4v) is 5.34. The van der Waals surface area contributed by atoms with Gasteiger partial charge in [-0.1, -0.05) is 54.6 Å². The lowest BCUT2D eigenvalue weighted by Crippen LogP contribution is -1.90. The van der Waals surface area contributed by atoms with E-state index >= 15 is 0 Å². The Hall–Kier alpha value is -4.86. The number of benzene rings is 5. The van der Waals surface area contributed by atoms with Crippen LogP contribution < -0.4 is 0 Å². The van der Waals surface area contributed by atoms with Crippen molar-refractivity contribution in [1.29, 1.82) is 10.5 Å². The topological polar surface area (TPSA) is 60.7 Å². The first kappa shape index (κ1) is 17.8. The summed E-state index contributed by atoms with van der Waals surface area (Å²) in [4.78, 5) is 0. The Morgan fingerprint density at radius 3 is 2.06 bits per heavy atom. The van der Waals surface area contributed by atoms with E-state index in [1.54, 1.807) is 6.07 Å². The standard InChI is InChI=1S/C30H14N2O/c31-15-17-11-18(16-32)13-20(12-17)28-29-23-9-4-6-19-5-3-8-21(27(19)23)24(29)14-26-30(28)22-7-1-2-10-25(22)33-26/h1-14H. The van der Waals surface area contributed by atoms with Crippen molar-refractivity contribution in [2.24, 2.45) is 0 Å². The number of furan rings is 1. The van der Waals surface area contributed by atoms with Gasteiger partial charge in [0.15, 0.2) is 0 Å². The molecule has 0 radical (unpaired) electrons. The Kier molecular flexibility index (Phi) is 3.41. The largest absolute Gasteiger partial charge is 0.456 e. The van der Waals surface area contributed by atoms with Crippen molar-refractivity contribution >= 4 is 32.7 Å². The van der Waals surface area contributed by atoms with Gasteiger partial charge in [0.2, 0.25) is 0 Å². The average molecular weight is 418 g/mol. The number of fused-ring (bicyclic) bond motifs is 6. The van der Waals surface area contributed by atoms with E-state index < -0.39 is 0 Å². The van der Waals surface area contributed by atoms with Crippen LogP contribution in [0.2, 0.25) is 0 Å². The highest BCUT2D eigenvalue weighted by molar-refractivity contribution is 6.25. The van der Waals surface area contributed by atoms with Crippen LogP contribution in [-0.4, -0.2) is 0 Å². The summed E-state index contributed by atoms with van der Waals surface area (Å²) in [6.07, 6.45) is 0. The SMILES string of the molecule is N#Cc1cc(C#N)cc(-c2c3c(cc4oc5ccccc5c24)-c2cccc4cccc-3c24)c1. The van der Waals surface area contributed by atoms with Crippen LogP contribution in [0.15, 0.2) is 89.3 Å². The lowest BCUT2D eigenvalue weighted by atomic mass is 9.88. The number of nitriles is 2. The number of para-hydroxylation sites is 1. The Balaban J connectivity index is 1.74. The van der Waals surface area contributed by atoms with E-state index in [0.717, 1.165) is 44.2 Å². The summed E-state index contributed by atoms with van der Waals surface area (Å²) in [5.41, 5.74) is 9.00. The molecule has 0 saturated carbocycles. The van der Waals surface area contributed by atoms with Crippen molar-refractivity contribution in [1.82, 2.24) is 0 Å². The zero-order valence-corrected chi connectivity index (χ0v) is 17.4. The molecule has 0 saturated heterocycles. The molecule has 0 spiro atoms. The predicted octanol–water partition coefficient (Wildman–Crippen LogP) is 7.80. The van der Waals surface area contributed by atoms with Crippen LogP contribution >= 0.6 is 0 Å². The Morgan fingerprint density at radius 1 is 0.576 bits per heavy atom. The Bertz CT molecular complexity index is 1860. The second kappa shape index (κ2) is 6.33. The third-order valence-electron chi connectivity index (χ3n) is 6.61. The Morgan fingerprint density at radius 2 is 1.30 bits per heavy atom. The molecule has 1 heterocycles. The van der Waals surface area contributed by atoms with Crippen LogP contribution in [0.3, 0.4) is 0 Å². The molecule has 0 amide bonds. The van der Waals surface area contributed by atoms with E-state index in [9.17, 15) is 10.5 Å². The van der Waals surface area contributed by atoms with Crippen molar-refractivity contribution in [3.8, 4) is 45.5 Å². The van der Waals surface area contributed by atoms with Gasteiger partial charge in [-0.3, -0.25) is 0 Å². The quantitative estimate of drug-likeness (QED) is 0.273. The summed E-state index contributed by atoms with van der Waals surface area (Å²) < 4.78 is 6.32. The third-order valence-corrected chi connectivity index (χ3v) is 6.61. The van der Waals surface area contributed by atoms with E-state index in [0.29, 0.717) is 11.1 Å². The molecule has 0 N–H and O–H groups in total. The van der Waals surface area contributed by atoms with Gasteiger partial charge in [-0.25, -0.2) is 0 Å². The third kappa shape index (κ3) is 2.31. The van der Waals surface area contributed by atoms with Crippen LogP contribution in [0.1, 0.15) is 11.1 Å². The normalized spacial score (nSPS) is 11.6. The molecule has 0 bridgehead atoms.